The van der Waals surface area contributed by atoms with E-state index in [9.17, 15) is 13.2 Å². The number of aryl methyl sites for hydroxylation is 1. The lowest BCUT2D eigenvalue weighted by atomic mass is 10.2. The molecule has 0 aliphatic rings. The standard InChI is InChI=1S/C14H22N2O3S/c1-11-5-7-12(8-6-11)16-13(17)9-15-10-14(2,3)20(4,18)19/h5-8,15H,9-10H2,1-4H3,(H,16,17). The fourth-order valence-electron chi connectivity index (χ4n) is 1.45. The number of anilines is 1. The first-order chi connectivity index (χ1) is 9.12. The molecule has 1 amide bonds. The summed E-state index contributed by atoms with van der Waals surface area (Å²) in [5.74, 6) is -0.196. The summed E-state index contributed by atoms with van der Waals surface area (Å²) in [5.41, 5.74) is 1.85. The van der Waals surface area contributed by atoms with Gasteiger partial charge in [0.05, 0.1) is 11.3 Å². The van der Waals surface area contributed by atoms with Gasteiger partial charge in [0.25, 0.3) is 0 Å². The Kier molecular flexibility index (Phi) is 5.30. The molecule has 0 saturated carbocycles. The molecule has 1 rings (SSSR count). The molecule has 0 radical (unpaired) electrons. The molecule has 0 spiro atoms. The number of carbonyl (C=O) groups is 1. The van der Waals surface area contributed by atoms with Crippen molar-refractivity contribution in [2.45, 2.75) is 25.5 Å². The van der Waals surface area contributed by atoms with Gasteiger partial charge in [0.15, 0.2) is 9.84 Å². The maximum atomic E-state index is 11.7. The normalized spacial score (nSPS) is 12.2. The van der Waals surface area contributed by atoms with E-state index in [2.05, 4.69) is 10.6 Å². The second-order valence-electron chi connectivity index (χ2n) is 5.55. The zero-order chi connectivity index (χ0) is 15.4. The Balaban J connectivity index is 2.43. The third-order valence-corrected chi connectivity index (χ3v) is 5.33. The van der Waals surface area contributed by atoms with E-state index in [1.54, 1.807) is 13.8 Å². The molecule has 0 saturated heterocycles. The van der Waals surface area contributed by atoms with Crippen LogP contribution in [0.4, 0.5) is 5.69 Å². The van der Waals surface area contributed by atoms with E-state index >= 15 is 0 Å². The lowest BCUT2D eigenvalue weighted by molar-refractivity contribution is -0.115. The Morgan fingerprint density at radius 2 is 1.75 bits per heavy atom. The van der Waals surface area contributed by atoms with Crippen LogP contribution in [0.3, 0.4) is 0 Å². The highest BCUT2D eigenvalue weighted by Gasteiger charge is 2.29. The Hall–Kier alpha value is -1.40. The largest absolute Gasteiger partial charge is 0.325 e. The Labute approximate surface area is 120 Å². The number of carbonyl (C=O) groups excluding carboxylic acids is 1. The monoisotopic (exact) mass is 298 g/mol. The number of hydrogen-bond donors (Lipinski definition) is 2. The van der Waals surface area contributed by atoms with E-state index in [0.29, 0.717) is 0 Å². The van der Waals surface area contributed by atoms with Gasteiger partial charge in [0.2, 0.25) is 5.91 Å². The van der Waals surface area contributed by atoms with Crippen LogP contribution < -0.4 is 10.6 Å². The number of amides is 1. The number of rotatable bonds is 6. The van der Waals surface area contributed by atoms with Gasteiger partial charge in [-0.05, 0) is 32.9 Å². The third kappa shape index (κ3) is 4.94. The molecule has 0 fully saturated rings. The molecule has 1 aromatic rings. The molecular formula is C14H22N2O3S. The SMILES string of the molecule is Cc1ccc(NC(=O)CNCC(C)(C)S(C)(=O)=O)cc1. The predicted molar refractivity (Wildman–Crippen MR) is 81.6 cm³/mol. The summed E-state index contributed by atoms with van der Waals surface area (Å²) in [5, 5.41) is 5.62. The van der Waals surface area contributed by atoms with Crippen molar-refractivity contribution < 1.29 is 13.2 Å². The zero-order valence-corrected chi connectivity index (χ0v) is 13.2. The molecule has 0 bridgehead atoms. The van der Waals surface area contributed by atoms with Crippen LogP contribution in [0.15, 0.2) is 24.3 Å². The fourth-order valence-corrected chi connectivity index (χ4v) is 1.81. The van der Waals surface area contributed by atoms with Crippen LogP contribution in [0.25, 0.3) is 0 Å². The van der Waals surface area contributed by atoms with Crippen LogP contribution >= 0.6 is 0 Å². The minimum absolute atomic E-state index is 0.0762. The number of benzene rings is 1. The first-order valence-corrected chi connectivity index (χ1v) is 8.28. The summed E-state index contributed by atoms with van der Waals surface area (Å²) in [6, 6.07) is 7.48. The molecular weight excluding hydrogens is 276 g/mol. The van der Waals surface area contributed by atoms with Crippen molar-refractivity contribution in [1.29, 1.82) is 0 Å². The van der Waals surface area contributed by atoms with Crippen LogP contribution in [0, 0.1) is 6.92 Å². The lowest BCUT2D eigenvalue weighted by Crippen LogP contribution is -2.43. The van der Waals surface area contributed by atoms with E-state index < -0.39 is 14.6 Å². The lowest BCUT2D eigenvalue weighted by Gasteiger charge is -2.22. The van der Waals surface area contributed by atoms with Crippen molar-refractivity contribution in [1.82, 2.24) is 5.32 Å². The molecule has 2 N–H and O–H groups in total. The second kappa shape index (κ2) is 6.37. The smallest absolute Gasteiger partial charge is 0.238 e. The Bertz CT molecular complexity index is 563. The highest BCUT2D eigenvalue weighted by Crippen LogP contribution is 2.13. The van der Waals surface area contributed by atoms with E-state index in [1.165, 1.54) is 6.26 Å². The zero-order valence-electron chi connectivity index (χ0n) is 12.4. The molecule has 0 aliphatic heterocycles. The maximum absolute atomic E-state index is 11.7. The summed E-state index contributed by atoms with van der Waals surface area (Å²) in [6.07, 6.45) is 1.20. The number of nitrogens with one attached hydrogen (secondary N) is 2. The van der Waals surface area contributed by atoms with Crippen LogP contribution in [0.2, 0.25) is 0 Å². The maximum Gasteiger partial charge on any atom is 0.238 e. The molecule has 1 aromatic carbocycles. The predicted octanol–water partition coefficient (Wildman–Crippen LogP) is 1.35. The van der Waals surface area contributed by atoms with Crippen LogP contribution in [0.1, 0.15) is 19.4 Å². The van der Waals surface area contributed by atoms with Gasteiger partial charge >= 0.3 is 0 Å². The third-order valence-electron chi connectivity index (χ3n) is 3.18. The average Bonchev–Trinajstić information content (AvgIpc) is 2.30. The van der Waals surface area contributed by atoms with Gasteiger partial charge in [-0.15, -0.1) is 0 Å². The van der Waals surface area contributed by atoms with E-state index in [1.807, 2.05) is 31.2 Å². The van der Waals surface area contributed by atoms with Crippen molar-refractivity contribution in [3.8, 4) is 0 Å². The van der Waals surface area contributed by atoms with E-state index in [-0.39, 0.29) is 19.0 Å². The minimum atomic E-state index is -3.16. The highest BCUT2D eigenvalue weighted by atomic mass is 32.2. The van der Waals surface area contributed by atoms with Gasteiger partial charge in [-0.25, -0.2) is 8.42 Å². The van der Waals surface area contributed by atoms with Gasteiger partial charge in [-0.3, -0.25) is 4.79 Å². The van der Waals surface area contributed by atoms with Gasteiger partial charge in [-0.1, -0.05) is 17.7 Å². The molecule has 112 valence electrons. The summed E-state index contributed by atoms with van der Waals surface area (Å²) < 4.78 is 22.1. The molecule has 0 aromatic heterocycles. The van der Waals surface area contributed by atoms with Gasteiger partial charge in [-0.2, -0.15) is 0 Å². The topological polar surface area (TPSA) is 75.3 Å². The second-order valence-corrected chi connectivity index (χ2v) is 8.20. The van der Waals surface area contributed by atoms with Crippen LogP contribution in [0.5, 0.6) is 0 Å². The van der Waals surface area contributed by atoms with Gasteiger partial charge in [0, 0.05) is 18.5 Å². The van der Waals surface area contributed by atoms with Crippen molar-refractivity contribution in [2.24, 2.45) is 0 Å². The van der Waals surface area contributed by atoms with Gasteiger partial charge < -0.3 is 10.6 Å². The molecule has 0 unspecified atom stereocenters. The minimum Gasteiger partial charge on any atom is -0.325 e. The van der Waals surface area contributed by atoms with Crippen molar-refractivity contribution in [3.63, 3.8) is 0 Å². The van der Waals surface area contributed by atoms with Crippen LogP contribution in [-0.4, -0.2) is 38.4 Å². The molecule has 0 heterocycles. The molecule has 6 heteroatoms. The fraction of sp³-hybridized carbons (Fsp3) is 0.500. The molecule has 0 atom stereocenters. The van der Waals surface area contributed by atoms with Gasteiger partial charge in [0.1, 0.15) is 0 Å². The van der Waals surface area contributed by atoms with Crippen molar-refractivity contribution >= 4 is 21.4 Å². The van der Waals surface area contributed by atoms with Crippen molar-refractivity contribution in [3.05, 3.63) is 29.8 Å². The summed E-state index contributed by atoms with van der Waals surface area (Å²) in [6.45, 7) is 5.54. The summed E-state index contributed by atoms with van der Waals surface area (Å²) in [4.78, 5) is 11.7. The average molecular weight is 298 g/mol. The Morgan fingerprint density at radius 1 is 1.20 bits per heavy atom. The molecule has 0 aliphatic carbocycles. The first-order valence-electron chi connectivity index (χ1n) is 6.39. The highest BCUT2D eigenvalue weighted by molar-refractivity contribution is 7.92. The molecule has 5 nitrogen and oxygen atoms in total. The molecule has 20 heavy (non-hydrogen) atoms. The first kappa shape index (κ1) is 16.7. The summed E-state index contributed by atoms with van der Waals surface area (Å²) >= 11 is 0. The van der Waals surface area contributed by atoms with E-state index in [4.69, 9.17) is 0 Å². The van der Waals surface area contributed by atoms with E-state index in [0.717, 1.165) is 11.3 Å². The van der Waals surface area contributed by atoms with Crippen molar-refractivity contribution in [2.75, 3.05) is 24.7 Å². The van der Waals surface area contributed by atoms with Crippen LogP contribution in [-0.2, 0) is 14.6 Å². The quantitative estimate of drug-likeness (QED) is 0.831. The Morgan fingerprint density at radius 3 is 2.25 bits per heavy atom. The summed E-state index contributed by atoms with van der Waals surface area (Å²) in [7, 11) is -3.16. The number of hydrogen-bond acceptors (Lipinski definition) is 4. The number of sulfone groups is 1.